The summed E-state index contributed by atoms with van der Waals surface area (Å²) in [7, 11) is 0. The van der Waals surface area contributed by atoms with Crippen LogP contribution >= 0.6 is 11.3 Å². The molecule has 130 valence electrons. The van der Waals surface area contributed by atoms with Gasteiger partial charge in [-0.3, -0.25) is 4.98 Å². The minimum Gasteiger partial charge on any atom is -0.332 e. The Morgan fingerprint density at radius 1 is 0.920 bits per heavy atom. The smallest absolute Gasteiger partial charge is 0.187 e. The minimum absolute atomic E-state index is 0.896. The number of nitrogens with zero attached hydrogens (tertiary/aromatic N) is 2. The van der Waals surface area contributed by atoms with Crippen LogP contribution in [0.4, 0.5) is 10.8 Å². The van der Waals surface area contributed by atoms with E-state index in [1.54, 1.807) is 17.5 Å². The van der Waals surface area contributed by atoms with Gasteiger partial charge in [-0.1, -0.05) is 50.8 Å². The maximum Gasteiger partial charge on any atom is 0.187 e. The fraction of sp³-hybridized carbons (Fsp3) is 0.333. The second-order valence-electron chi connectivity index (χ2n) is 6.24. The predicted octanol–water partition coefficient (Wildman–Crippen LogP) is 6.46. The Morgan fingerprint density at radius 3 is 2.52 bits per heavy atom. The maximum atomic E-state index is 4.62. The number of thiazole rings is 1. The number of nitrogens with one attached hydrogen (secondary N) is 1. The van der Waals surface area contributed by atoms with Crippen LogP contribution in [0.3, 0.4) is 0 Å². The van der Waals surface area contributed by atoms with Gasteiger partial charge in [0, 0.05) is 17.3 Å². The van der Waals surface area contributed by atoms with E-state index in [0.717, 1.165) is 22.2 Å². The van der Waals surface area contributed by atoms with Gasteiger partial charge in [0.1, 0.15) is 5.69 Å². The van der Waals surface area contributed by atoms with E-state index < -0.39 is 0 Å². The number of unbranched alkanes of at least 4 members (excludes halogenated alkanes) is 4. The average molecular weight is 352 g/mol. The Morgan fingerprint density at radius 2 is 1.76 bits per heavy atom. The van der Waals surface area contributed by atoms with E-state index in [0.29, 0.717) is 0 Å². The molecule has 25 heavy (non-hydrogen) atoms. The molecule has 3 rings (SSSR count). The number of rotatable bonds is 9. The molecule has 0 bridgehead atoms. The molecule has 3 nitrogen and oxygen atoms in total. The molecule has 0 aliphatic rings. The Balaban J connectivity index is 1.52. The van der Waals surface area contributed by atoms with E-state index >= 15 is 0 Å². The normalized spacial score (nSPS) is 10.8. The van der Waals surface area contributed by atoms with Crippen LogP contribution < -0.4 is 5.32 Å². The summed E-state index contributed by atoms with van der Waals surface area (Å²) in [5, 5.41) is 6.32. The summed E-state index contributed by atoms with van der Waals surface area (Å²) < 4.78 is 0. The van der Waals surface area contributed by atoms with Gasteiger partial charge in [0.25, 0.3) is 0 Å². The average Bonchev–Trinajstić information content (AvgIpc) is 3.12. The molecule has 0 spiro atoms. The third-order valence-electron chi connectivity index (χ3n) is 4.21. The van der Waals surface area contributed by atoms with Gasteiger partial charge in [-0.15, -0.1) is 11.3 Å². The van der Waals surface area contributed by atoms with Crippen LogP contribution in [0.1, 0.15) is 44.6 Å². The molecule has 3 aromatic rings. The van der Waals surface area contributed by atoms with Gasteiger partial charge in [-0.05, 0) is 42.7 Å². The van der Waals surface area contributed by atoms with Crippen LogP contribution in [0.25, 0.3) is 11.4 Å². The van der Waals surface area contributed by atoms with Gasteiger partial charge < -0.3 is 5.32 Å². The summed E-state index contributed by atoms with van der Waals surface area (Å²) in [5.41, 5.74) is 4.31. The van der Waals surface area contributed by atoms with Crippen molar-refractivity contribution in [2.75, 3.05) is 5.32 Å². The lowest BCUT2D eigenvalue weighted by Crippen LogP contribution is -1.91. The number of benzene rings is 1. The second-order valence-corrected chi connectivity index (χ2v) is 7.10. The zero-order chi connectivity index (χ0) is 17.3. The second kappa shape index (κ2) is 9.33. The van der Waals surface area contributed by atoms with Crippen LogP contribution in [0.15, 0.2) is 54.0 Å². The van der Waals surface area contributed by atoms with Crippen molar-refractivity contribution in [2.24, 2.45) is 0 Å². The monoisotopic (exact) mass is 351 g/mol. The van der Waals surface area contributed by atoms with Crippen LogP contribution in [0, 0.1) is 0 Å². The number of aryl methyl sites for hydroxylation is 1. The number of hydrogen-bond acceptors (Lipinski definition) is 4. The maximum absolute atomic E-state index is 4.62. The van der Waals surface area contributed by atoms with Gasteiger partial charge >= 0.3 is 0 Å². The Kier molecular flexibility index (Phi) is 6.57. The third-order valence-corrected chi connectivity index (χ3v) is 4.96. The molecule has 2 aromatic heterocycles. The standard InChI is InChI=1S/C21H25N3S/c1-2-3-4-5-6-9-17-11-13-18(14-12-17)23-21-24-20(16-25-21)19-10-7-8-15-22-19/h7-8,10-16H,2-6,9H2,1H3,(H,23,24). The summed E-state index contributed by atoms with van der Waals surface area (Å²) in [6, 6.07) is 14.6. The van der Waals surface area contributed by atoms with Gasteiger partial charge in [-0.25, -0.2) is 4.98 Å². The Labute approximate surface area is 154 Å². The van der Waals surface area contributed by atoms with E-state index in [1.165, 1.54) is 44.1 Å². The number of anilines is 2. The molecule has 0 saturated heterocycles. The Bertz CT molecular complexity index is 750. The van der Waals surface area contributed by atoms with Crippen molar-refractivity contribution < 1.29 is 0 Å². The summed E-state index contributed by atoms with van der Waals surface area (Å²) in [5.74, 6) is 0. The van der Waals surface area contributed by atoms with Gasteiger partial charge in [0.05, 0.1) is 5.69 Å². The first-order chi connectivity index (χ1) is 12.3. The van der Waals surface area contributed by atoms with Crippen molar-refractivity contribution in [3.63, 3.8) is 0 Å². The fourth-order valence-corrected chi connectivity index (χ4v) is 3.50. The third kappa shape index (κ3) is 5.40. The predicted molar refractivity (Wildman–Crippen MR) is 108 cm³/mol. The summed E-state index contributed by atoms with van der Waals surface area (Å²) in [4.78, 5) is 8.97. The minimum atomic E-state index is 0.896. The molecule has 2 heterocycles. The van der Waals surface area contributed by atoms with Crippen LogP contribution in [-0.2, 0) is 6.42 Å². The van der Waals surface area contributed by atoms with E-state index in [1.807, 2.05) is 23.6 Å². The molecule has 1 aromatic carbocycles. The summed E-state index contributed by atoms with van der Waals surface area (Å²) in [6.07, 6.45) is 9.61. The molecule has 0 aliphatic heterocycles. The molecular formula is C21H25N3S. The molecule has 0 atom stereocenters. The van der Waals surface area contributed by atoms with Gasteiger partial charge in [-0.2, -0.15) is 0 Å². The highest BCUT2D eigenvalue weighted by molar-refractivity contribution is 7.14. The molecule has 0 amide bonds. The Hall–Kier alpha value is -2.20. The van der Waals surface area contributed by atoms with Crippen molar-refractivity contribution in [1.29, 1.82) is 0 Å². The van der Waals surface area contributed by atoms with Crippen molar-refractivity contribution >= 4 is 22.2 Å². The number of hydrogen-bond donors (Lipinski definition) is 1. The highest BCUT2D eigenvalue weighted by atomic mass is 32.1. The van der Waals surface area contributed by atoms with E-state index in [9.17, 15) is 0 Å². The van der Waals surface area contributed by atoms with Crippen LogP contribution in [0.5, 0.6) is 0 Å². The molecule has 4 heteroatoms. The highest BCUT2D eigenvalue weighted by Crippen LogP contribution is 2.26. The topological polar surface area (TPSA) is 37.8 Å². The van der Waals surface area contributed by atoms with Crippen molar-refractivity contribution in [2.45, 2.75) is 45.4 Å². The van der Waals surface area contributed by atoms with Crippen LogP contribution in [0.2, 0.25) is 0 Å². The summed E-state index contributed by atoms with van der Waals surface area (Å²) >= 11 is 1.60. The molecule has 0 unspecified atom stereocenters. The first-order valence-electron chi connectivity index (χ1n) is 9.08. The zero-order valence-corrected chi connectivity index (χ0v) is 15.6. The highest BCUT2D eigenvalue weighted by Gasteiger charge is 2.05. The first kappa shape index (κ1) is 17.6. The lowest BCUT2D eigenvalue weighted by atomic mass is 10.1. The quantitative estimate of drug-likeness (QED) is 0.449. The van der Waals surface area contributed by atoms with E-state index in [-0.39, 0.29) is 0 Å². The van der Waals surface area contributed by atoms with Crippen molar-refractivity contribution in [3.05, 3.63) is 59.6 Å². The molecule has 0 aliphatic carbocycles. The van der Waals surface area contributed by atoms with Crippen molar-refractivity contribution in [1.82, 2.24) is 9.97 Å². The van der Waals surface area contributed by atoms with Gasteiger partial charge in [0.15, 0.2) is 5.13 Å². The largest absolute Gasteiger partial charge is 0.332 e. The SMILES string of the molecule is CCCCCCCc1ccc(Nc2nc(-c3ccccn3)cs2)cc1. The first-order valence-corrected chi connectivity index (χ1v) is 9.96. The van der Waals surface area contributed by atoms with E-state index in [2.05, 4.69) is 46.5 Å². The molecular weight excluding hydrogens is 326 g/mol. The fourth-order valence-electron chi connectivity index (χ4n) is 2.77. The van der Waals surface area contributed by atoms with Gasteiger partial charge in [0.2, 0.25) is 0 Å². The summed E-state index contributed by atoms with van der Waals surface area (Å²) in [6.45, 7) is 2.26. The molecule has 0 fully saturated rings. The molecule has 1 N–H and O–H groups in total. The molecule has 0 saturated carbocycles. The lowest BCUT2D eigenvalue weighted by Gasteiger charge is -2.05. The number of aromatic nitrogens is 2. The lowest BCUT2D eigenvalue weighted by molar-refractivity contribution is 0.632. The zero-order valence-electron chi connectivity index (χ0n) is 14.7. The number of pyridine rings is 1. The van der Waals surface area contributed by atoms with Crippen LogP contribution in [-0.4, -0.2) is 9.97 Å². The molecule has 0 radical (unpaired) electrons. The van der Waals surface area contributed by atoms with E-state index in [4.69, 9.17) is 0 Å². The van der Waals surface area contributed by atoms with Crippen molar-refractivity contribution in [3.8, 4) is 11.4 Å².